The molecule has 2 saturated heterocycles. The molecule has 116 valence electrons. The SMILES string of the molecule is c1ccc(CN2CCN(CCC3COCCO3)CC2)cc1. The summed E-state index contributed by atoms with van der Waals surface area (Å²) in [5.74, 6) is 0. The number of hydrogen-bond donors (Lipinski definition) is 0. The lowest BCUT2D eigenvalue weighted by Gasteiger charge is -2.35. The van der Waals surface area contributed by atoms with E-state index in [4.69, 9.17) is 9.47 Å². The average Bonchev–Trinajstić information content (AvgIpc) is 2.56. The van der Waals surface area contributed by atoms with Crippen LogP contribution >= 0.6 is 0 Å². The van der Waals surface area contributed by atoms with Crippen LogP contribution in [0.25, 0.3) is 0 Å². The number of rotatable bonds is 5. The third-order valence-electron chi connectivity index (χ3n) is 4.37. The van der Waals surface area contributed by atoms with Crippen molar-refractivity contribution in [2.24, 2.45) is 0 Å². The van der Waals surface area contributed by atoms with Gasteiger partial charge >= 0.3 is 0 Å². The fourth-order valence-corrected chi connectivity index (χ4v) is 3.04. The van der Waals surface area contributed by atoms with Gasteiger partial charge in [-0.3, -0.25) is 4.90 Å². The minimum atomic E-state index is 0.307. The van der Waals surface area contributed by atoms with Gasteiger partial charge in [-0.15, -0.1) is 0 Å². The molecule has 21 heavy (non-hydrogen) atoms. The molecule has 1 aromatic carbocycles. The zero-order valence-corrected chi connectivity index (χ0v) is 12.7. The molecule has 0 aromatic heterocycles. The Bertz CT molecular complexity index is 399. The number of benzene rings is 1. The first-order valence-electron chi connectivity index (χ1n) is 8.08. The predicted octanol–water partition coefficient (Wildman–Crippen LogP) is 1.61. The highest BCUT2D eigenvalue weighted by molar-refractivity contribution is 5.14. The monoisotopic (exact) mass is 290 g/mol. The predicted molar refractivity (Wildman–Crippen MR) is 83.3 cm³/mol. The Kier molecular flexibility index (Phi) is 5.63. The molecule has 0 N–H and O–H groups in total. The molecule has 1 atom stereocenters. The maximum atomic E-state index is 5.71. The lowest BCUT2D eigenvalue weighted by Crippen LogP contribution is -2.47. The summed E-state index contributed by atoms with van der Waals surface area (Å²) in [6.07, 6.45) is 1.40. The van der Waals surface area contributed by atoms with E-state index in [0.717, 1.165) is 52.4 Å². The summed E-state index contributed by atoms with van der Waals surface area (Å²) in [6, 6.07) is 10.8. The molecule has 3 rings (SSSR count). The van der Waals surface area contributed by atoms with Crippen LogP contribution < -0.4 is 0 Å². The van der Waals surface area contributed by atoms with Gasteiger partial charge in [0.15, 0.2) is 0 Å². The van der Waals surface area contributed by atoms with Crippen molar-refractivity contribution >= 4 is 0 Å². The van der Waals surface area contributed by atoms with E-state index in [1.165, 1.54) is 18.7 Å². The average molecular weight is 290 g/mol. The van der Waals surface area contributed by atoms with E-state index in [9.17, 15) is 0 Å². The molecule has 0 saturated carbocycles. The van der Waals surface area contributed by atoms with E-state index in [-0.39, 0.29) is 0 Å². The molecule has 4 heteroatoms. The normalized spacial score (nSPS) is 25.0. The van der Waals surface area contributed by atoms with Crippen LogP contribution in [0.15, 0.2) is 30.3 Å². The highest BCUT2D eigenvalue weighted by Gasteiger charge is 2.19. The lowest BCUT2D eigenvalue weighted by molar-refractivity contribution is -0.0933. The topological polar surface area (TPSA) is 24.9 Å². The molecule has 1 aromatic rings. The van der Waals surface area contributed by atoms with Crippen molar-refractivity contribution in [3.05, 3.63) is 35.9 Å². The van der Waals surface area contributed by atoms with Crippen LogP contribution in [0, 0.1) is 0 Å². The van der Waals surface area contributed by atoms with Crippen molar-refractivity contribution in [3.63, 3.8) is 0 Å². The second-order valence-electron chi connectivity index (χ2n) is 5.96. The van der Waals surface area contributed by atoms with Gasteiger partial charge < -0.3 is 14.4 Å². The molecule has 0 amide bonds. The molecule has 0 bridgehead atoms. The van der Waals surface area contributed by atoms with Gasteiger partial charge in [-0.1, -0.05) is 30.3 Å². The molecule has 2 aliphatic rings. The summed E-state index contributed by atoms with van der Waals surface area (Å²) in [7, 11) is 0. The van der Waals surface area contributed by atoms with Gasteiger partial charge in [-0.2, -0.15) is 0 Å². The highest BCUT2D eigenvalue weighted by atomic mass is 16.6. The molecular weight excluding hydrogens is 264 g/mol. The van der Waals surface area contributed by atoms with E-state index in [1.54, 1.807) is 0 Å². The van der Waals surface area contributed by atoms with Gasteiger partial charge in [0.1, 0.15) is 0 Å². The Labute approximate surface area is 127 Å². The molecule has 2 aliphatic heterocycles. The van der Waals surface area contributed by atoms with Crippen molar-refractivity contribution in [2.75, 3.05) is 52.5 Å². The van der Waals surface area contributed by atoms with Crippen LogP contribution in [0.5, 0.6) is 0 Å². The second kappa shape index (κ2) is 7.90. The fourth-order valence-electron chi connectivity index (χ4n) is 3.04. The van der Waals surface area contributed by atoms with Gasteiger partial charge in [-0.25, -0.2) is 0 Å². The summed E-state index contributed by atoms with van der Waals surface area (Å²) in [5, 5.41) is 0. The summed E-state index contributed by atoms with van der Waals surface area (Å²) in [4.78, 5) is 5.10. The molecule has 0 radical (unpaired) electrons. The summed E-state index contributed by atoms with van der Waals surface area (Å²) >= 11 is 0. The van der Waals surface area contributed by atoms with E-state index in [2.05, 4.69) is 40.1 Å². The van der Waals surface area contributed by atoms with Crippen molar-refractivity contribution < 1.29 is 9.47 Å². The van der Waals surface area contributed by atoms with E-state index in [1.807, 2.05) is 0 Å². The van der Waals surface area contributed by atoms with Crippen molar-refractivity contribution in [1.82, 2.24) is 9.80 Å². The first kappa shape index (κ1) is 15.0. The molecule has 4 nitrogen and oxygen atoms in total. The third kappa shape index (κ3) is 4.78. The maximum Gasteiger partial charge on any atom is 0.0821 e. The van der Waals surface area contributed by atoms with Crippen LogP contribution in [0.4, 0.5) is 0 Å². The number of hydrogen-bond acceptors (Lipinski definition) is 4. The minimum absolute atomic E-state index is 0.307. The molecule has 0 aliphatic carbocycles. The summed E-state index contributed by atoms with van der Waals surface area (Å²) in [5.41, 5.74) is 1.42. The van der Waals surface area contributed by atoms with Crippen molar-refractivity contribution in [2.45, 2.75) is 19.1 Å². The van der Waals surface area contributed by atoms with Gasteiger partial charge in [0.05, 0.1) is 25.9 Å². The van der Waals surface area contributed by atoms with Crippen LogP contribution in [-0.2, 0) is 16.0 Å². The molecule has 1 unspecified atom stereocenters. The largest absolute Gasteiger partial charge is 0.376 e. The van der Waals surface area contributed by atoms with Gasteiger partial charge in [-0.05, 0) is 12.0 Å². The van der Waals surface area contributed by atoms with E-state index < -0.39 is 0 Å². The zero-order valence-electron chi connectivity index (χ0n) is 12.7. The van der Waals surface area contributed by atoms with Gasteiger partial charge in [0.2, 0.25) is 0 Å². The standard InChI is InChI=1S/C17H26N2O2/c1-2-4-16(5-3-1)14-19-10-8-18(9-11-19)7-6-17-15-20-12-13-21-17/h1-5,17H,6-15H2. The molecule has 2 heterocycles. The van der Waals surface area contributed by atoms with Crippen molar-refractivity contribution in [1.29, 1.82) is 0 Å². The summed E-state index contributed by atoms with van der Waals surface area (Å²) in [6.45, 7) is 9.16. The number of ether oxygens (including phenoxy) is 2. The Balaban J connectivity index is 1.35. The van der Waals surface area contributed by atoms with Crippen LogP contribution in [0.1, 0.15) is 12.0 Å². The smallest absolute Gasteiger partial charge is 0.0821 e. The molecular formula is C17H26N2O2. The lowest BCUT2D eigenvalue weighted by atomic mass is 10.2. The van der Waals surface area contributed by atoms with Crippen LogP contribution in [-0.4, -0.2) is 68.4 Å². The first-order valence-corrected chi connectivity index (χ1v) is 8.08. The molecule has 0 spiro atoms. The summed E-state index contributed by atoms with van der Waals surface area (Å²) < 4.78 is 11.2. The zero-order chi connectivity index (χ0) is 14.3. The quantitative estimate of drug-likeness (QED) is 0.822. The Morgan fingerprint density at radius 3 is 2.43 bits per heavy atom. The Hall–Kier alpha value is -0.940. The maximum absolute atomic E-state index is 5.71. The number of piperazine rings is 1. The van der Waals surface area contributed by atoms with Gasteiger partial charge in [0.25, 0.3) is 0 Å². The Morgan fingerprint density at radius 1 is 0.952 bits per heavy atom. The second-order valence-corrected chi connectivity index (χ2v) is 5.96. The molecule has 2 fully saturated rings. The van der Waals surface area contributed by atoms with Crippen LogP contribution in [0.3, 0.4) is 0 Å². The number of nitrogens with zero attached hydrogens (tertiary/aromatic N) is 2. The van der Waals surface area contributed by atoms with Crippen LogP contribution in [0.2, 0.25) is 0 Å². The van der Waals surface area contributed by atoms with E-state index in [0.29, 0.717) is 6.10 Å². The van der Waals surface area contributed by atoms with Crippen molar-refractivity contribution in [3.8, 4) is 0 Å². The Morgan fingerprint density at radius 2 is 1.71 bits per heavy atom. The minimum Gasteiger partial charge on any atom is -0.376 e. The third-order valence-corrected chi connectivity index (χ3v) is 4.37. The highest BCUT2D eigenvalue weighted by Crippen LogP contribution is 2.11. The first-order chi connectivity index (χ1) is 10.4. The fraction of sp³-hybridized carbons (Fsp3) is 0.647. The van der Waals surface area contributed by atoms with E-state index >= 15 is 0 Å². The van der Waals surface area contributed by atoms with Gasteiger partial charge in [0, 0.05) is 39.3 Å².